The molecule has 2 saturated carbocycles. The fourth-order valence-electron chi connectivity index (χ4n) is 4.47. The number of methoxy groups -OCH3 is 1. The van der Waals surface area contributed by atoms with Gasteiger partial charge < -0.3 is 24.6 Å². The Hall–Kier alpha value is -4.53. The Kier molecular flexibility index (Phi) is 6.11. The number of hydrogen-bond acceptors (Lipinski definition) is 6. The molecule has 6 rings (SSSR count). The highest BCUT2D eigenvalue weighted by Gasteiger charge is 2.33. The van der Waals surface area contributed by atoms with E-state index in [0.717, 1.165) is 36.5 Å². The Morgan fingerprint density at radius 3 is 2.58 bits per heavy atom. The third kappa shape index (κ3) is 4.87. The maximum Gasteiger partial charge on any atom is 0.410 e. The van der Waals surface area contributed by atoms with Crippen LogP contribution < -0.4 is 19.5 Å². The molecule has 2 fully saturated rings. The van der Waals surface area contributed by atoms with E-state index >= 15 is 0 Å². The summed E-state index contributed by atoms with van der Waals surface area (Å²) in [7, 11) is 1.53. The lowest BCUT2D eigenvalue weighted by Gasteiger charge is -2.20. The van der Waals surface area contributed by atoms with Crippen molar-refractivity contribution in [2.45, 2.75) is 37.8 Å². The van der Waals surface area contributed by atoms with Crippen LogP contribution in [-0.2, 0) is 0 Å². The first kappa shape index (κ1) is 23.8. The predicted molar refractivity (Wildman–Crippen MR) is 141 cm³/mol. The molecule has 4 aromatic rings. The standard InChI is InChI=1S/C29H27N3O6/c1-36-26-14-23-24(15-27(26)37-16-32(29(34)35)19-7-8-19)30-12-11-25(23)38-20-9-10-21-17(13-20)3-2-4-22(21)28(33)31-18-5-6-18/h2-4,9-15,18-19H,5-8,16H2,1H3,(H,31,33)(H,34,35). The normalized spacial score (nSPS) is 14.8. The van der Waals surface area contributed by atoms with Gasteiger partial charge >= 0.3 is 6.09 Å². The van der Waals surface area contributed by atoms with Crippen molar-refractivity contribution >= 4 is 33.7 Å². The van der Waals surface area contributed by atoms with Crippen molar-refractivity contribution in [3.63, 3.8) is 0 Å². The van der Waals surface area contributed by atoms with Crippen LogP contribution in [0.25, 0.3) is 21.7 Å². The number of carbonyl (C=O) groups is 2. The van der Waals surface area contributed by atoms with Gasteiger partial charge in [0.2, 0.25) is 0 Å². The largest absolute Gasteiger partial charge is 0.493 e. The molecule has 0 spiro atoms. The van der Waals surface area contributed by atoms with E-state index in [9.17, 15) is 14.7 Å². The van der Waals surface area contributed by atoms with Crippen LogP contribution in [0.15, 0.2) is 60.8 Å². The van der Waals surface area contributed by atoms with E-state index in [-0.39, 0.29) is 24.7 Å². The molecule has 3 aromatic carbocycles. The predicted octanol–water partition coefficient (Wildman–Crippen LogP) is 5.56. The summed E-state index contributed by atoms with van der Waals surface area (Å²) in [5, 5.41) is 15.0. The van der Waals surface area contributed by atoms with Gasteiger partial charge in [-0.2, -0.15) is 0 Å². The molecule has 1 aromatic heterocycles. The summed E-state index contributed by atoms with van der Waals surface area (Å²) < 4.78 is 17.6. The molecule has 194 valence electrons. The molecule has 2 amide bonds. The zero-order valence-electron chi connectivity index (χ0n) is 20.8. The van der Waals surface area contributed by atoms with E-state index < -0.39 is 6.09 Å². The van der Waals surface area contributed by atoms with Crippen molar-refractivity contribution in [1.82, 2.24) is 15.2 Å². The Morgan fingerprint density at radius 1 is 1.00 bits per heavy atom. The van der Waals surface area contributed by atoms with Gasteiger partial charge in [-0.1, -0.05) is 12.1 Å². The fraction of sp³-hybridized carbons (Fsp3) is 0.276. The summed E-state index contributed by atoms with van der Waals surface area (Å²) in [5.74, 6) is 1.98. The monoisotopic (exact) mass is 513 g/mol. The summed E-state index contributed by atoms with van der Waals surface area (Å²) in [4.78, 5) is 29.9. The minimum atomic E-state index is -1.01. The number of nitrogens with one attached hydrogen (secondary N) is 1. The summed E-state index contributed by atoms with van der Waals surface area (Å²) in [6.07, 6.45) is 4.39. The Bertz CT molecular complexity index is 1550. The Labute approximate surface area is 218 Å². The number of hydrogen-bond donors (Lipinski definition) is 2. The van der Waals surface area contributed by atoms with Crippen molar-refractivity contribution < 1.29 is 28.9 Å². The number of carboxylic acid groups (broad SMARTS) is 1. The highest BCUT2D eigenvalue weighted by atomic mass is 16.5. The fourth-order valence-corrected chi connectivity index (χ4v) is 4.47. The third-order valence-corrected chi connectivity index (χ3v) is 6.82. The minimum absolute atomic E-state index is 0.00249. The van der Waals surface area contributed by atoms with Gasteiger partial charge in [-0.05, 0) is 72.9 Å². The maximum absolute atomic E-state index is 12.7. The number of pyridine rings is 1. The molecule has 0 saturated heterocycles. The van der Waals surface area contributed by atoms with E-state index in [0.29, 0.717) is 39.5 Å². The first-order valence-electron chi connectivity index (χ1n) is 12.6. The lowest BCUT2D eigenvalue weighted by atomic mass is 10.0. The Morgan fingerprint density at radius 2 is 1.84 bits per heavy atom. The number of ether oxygens (including phenoxy) is 3. The van der Waals surface area contributed by atoms with E-state index in [1.165, 1.54) is 12.0 Å². The first-order chi connectivity index (χ1) is 18.5. The van der Waals surface area contributed by atoms with Crippen LogP contribution in [0.5, 0.6) is 23.0 Å². The average molecular weight is 514 g/mol. The summed E-state index contributed by atoms with van der Waals surface area (Å²) in [6, 6.07) is 16.9. The molecule has 1 heterocycles. The van der Waals surface area contributed by atoms with E-state index in [1.54, 1.807) is 24.4 Å². The molecule has 0 atom stereocenters. The SMILES string of the molecule is COc1cc2c(Oc3ccc4c(C(=O)NC5CC5)cccc4c3)ccnc2cc1OCN(C(=O)O)C1CC1. The van der Waals surface area contributed by atoms with Crippen LogP contribution in [-0.4, -0.2) is 52.9 Å². The zero-order valence-corrected chi connectivity index (χ0v) is 20.8. The van der Waals surface area contributed by atoms with Crippen molar-refractivity contribution in [2.75, 3.05) is 13.8 Å². The smallest absolute Gasteiger partial charge is 0.410 e. The number of benzene rings is 3. The van der Waals surface area contributed by atoms with Gasteiger partial charge in [0.1, 0.15) is 11.5 Å². The van der Waals surface area contributed by atoms with E-state index in [4.69, 9.17) is 14.2 Å². The van der Waals surface area contributed by atoms with Crippen molar-refractivity contribution in [3.8, 4) is 23.0 Å². The van der Waals surface area contributed by atoms with Crippen LogP contribution in [0.3, 0.4) is 0 Å². The summed E-state index contributed by atoms with van der Waals surface area (Å²) in [6.45, 7) is -0.0875. The van der Waals surface area contributed by atoms with Gasteiger partial charge in [-0.25, -0.2) is 4.79 Å². The molecule has 2 aliphatic carbocycles. The highest BCUT2D eigenvalue weighted by Crippen LogP contribution is 2.38. The zero-order chi connectivity index (χ0) is 26.2. The number of fused-ring (bicyclic) bond motifs is 2. The van der Waals surface area contributed by atoms with Crippen LogP contribution in [0, 0.1) is 0 Å². The van der Waals surface area contributed by atoms with Crippen LogP contribution >= 0.6 is 0 Å². The molecule has 0 bridgehead atoms. The second-order valence-electron chi connectivity index (χ2n) is 9.62. The topological polar surface area (TPSA) is 110 Å². The number of carbonyl (C=O) groups excluding carboxylic acids is 1. The van der Waals surface area contributed by atoms with Crippen LogP contribution in [0.4, 0.5) is 4.79 Å². The highest BCUT2D eigenvalue weighted by molar-refractivity contribution is 6.07. The third-order valence-electron chi connectivity index (χ3n) is 6.82. The molecule has 9 heteroatoms. The molecular formula is C29H27N3O6. The summed E-state index contributed by atoms with van der Waals surface area (Å²) >= 11 is 0. The molecular weight excluding hydrogens is 486 g/mol. The number of nitrogens with zero attached hydrogens (tertiary/aromatic N) is 2. The quantitative estimate of drug-likeness (QED) is 0.282. The van der Waals surface area contributed by atoms with E-state index in [1.807, 2.05) is 36.4 Å². The van der Waals surface area contributed by atoms with Gasteiger partial charge in [-0.3, -0.25) is 14.7 Å². The molecule has 0 unspecified atom stereocenters. The molecule has 0 radical (unpaired) electrons. The van der Waals surface area contributed by atoms with Gasteiger partial charge in [-0.15, -0.1) is 0 Å². The van der Waals surface area contributed by atoms with Gasteiger partial charge in [0.15, 0.2) is 18.2 Å². The molecule has 38 heavy (non-hydrogen) atoms. The van der Waals surface area contributed by atoms with Gasteiger partial charge in [0.25, 0.3) is 5.91 Å². The van der Waals surface area contributed by atoms with Crippen LogP contribution in [0.1, 0.15) is 36.0 Å². The van der Waals surface area contributed by atoms with E-state index in [2.05, 4.69) is 10.3 Å². The summed E-state index contributed by atoms with van der Waals surface area (Å²) in [5.41, 5.74) is 1.27. The second kappa shape index (κ2) is 9.74. The van der Waals surface area contributed by atoms with Crippen molar-refractivity contribution in [1.29, 1.82) is 0 Å². The second-order valence-corrected chi connectivity index (χ2v) is 9.62. The maximum atomic E-state index is 12.7. The number of rotatable bonds is 9. The minimum Gasteiger partial charge on any atom is -0.493 e. The lowest BCUT2D eigenvalue weighted by molar-refractivity contribution is 0.0929. The van der Waals surface area contributed by atoms with Gasteiger partial charge in [0.05, 0.1) is 12.6 Å². The van der Waals surface area contributed by atoms with Crippen LogP contribution in [0.2, 0.25) is 0 Å². The molecule has 9 nitrogen and oxygen atoms in total. The number of aromatic nitrogens is 1. The molecule has 0 aliphatic heterocycles. The Balaban J connectivity index is 1.27. The van der Waals surface area contributed by atoms with Crippen molar-refractivity contribution in [2.24, 2.45) is 0 Å². The lowest BCUT2D eigenvalue weighted by Crippen LogP contribution is -2.35. The average Bonchev–Trinajstić information content (AvgIpc) is 3.84. The molecule has 2 aliphatic rings. The first-order valence-corrected chi connectivity index (χ1v) is 12.6. The van der Waals surface area contributed by atoms with Crippen molar-refractivity contribution in [3.05, 3.63) is 66.4 Å². The molecule has 2 N–H and O–H groups in total. The number of amides is 2. The van der Waals surface area contributed by atoms with Gasteiger partial charge in [0, 0.05) is 35.3 Å².